The van der Waals surface area contributed by atoms with Gasteiger partial charge in [0.1, 0.15) is 12.1 Å². The van der Waals surface area contributed by atoms with Crippen LogP contribution in [0.2, 0.25) is 0 Å². The molecule has 1 fully saturated rings. The molecule has 1 aliphatic rings. The van der Waals surface area contributed by atoms with Crippen molar-refractivity contribution in [3.05, 3.63) is 48.6 Å². The first-order valence-electron chi connectivity index (χ1n) is 8.32. The number of likely N-dealkylation sites (N-methyl/N-ethyl adjacent to an activating group) is 1. The van der Waals surface area contributed by atoms with E-state index in [9.17, 15) is 9.59 Å². The second kappa shape index (κ2) is 7.95. The minimum absolute atomic E-state index is 0.0245. The first kappa shape index (κ1) is 17.3. The molecule has 1 saturated heterocycles. The van der Waals surface area contributed by atoms with Crippen LogP contribution in [0.1, 0.15) is 31.7 Å². The Hall–Kier alpha value is -2.10. The quantitative estimate of drug-likeness (QED) is 0.726. The highest BCUT2D eigenvalue weighted by Gasteiger charge is 2.43. The van der Waals surface area contributed by atoms with Gasteiger partial charge in [-0.05, 0) is 12.0 Å². The number of carbonyl (C=O) groups is 2. The number of hydrogen-bond acceptors (Lipinski definition) is 2. The molecule has 0 aromatic heterocycles. The van der Waals surface area contributed by atoms with Gasteiger partial charge >= 0.3 is 0 Å². The van der Waals surface area contributed by atoms with Gasteiger partial charge in [-0.15, -0.1) is 6.58 Å². The van der Waals surface area contributed by atoms with Crippen LogP contribution >= 0.6 is 0 Å². The van der Waals surface area contributed by atoms with Crippen LogP contribution < -0.4 is 0 Å². The number of nitrogens with zero attached hydrogens (tertiary/aromatic N) is 2. The van der Waals surface area contributed by atoms with E-state index < -0.39 is 6.04 Å². The fourth-order valence-electron chi connectivity index (χ4n) is 3.14. The van der Waals surface area contributed by atoms with Crippen LogP contribution in [0, 0.1) is 0 Å². The number of hydrogen-bond donors (Lipinski definition) is 0. The van der Waals surface area contributed by atoms with Crippen LogP contribution in [-0.4, -0.2) is 47.3 Å². The zero-order chi connectivity index (χ0) is 16.8. The summed E-state index contributed by atoms with van der Waals surface area (Å²) in [5.74, 6) is 0.0674. The van der Waals surface area contributed by atoms with E-state index >= 15 is 0 Å². The van der Waals surface area contributed by atoms with Crippen LogP contribution in [0.25, 0.3) is 0 Å². The first-order valence-corrected chi connectivity index (χ1v) is 8.32. The Kier molecular flexibility index (Phi) is 5.97. The summed E-state index contributed by atoms with van der Waals surface area (Å²) in [6.45, 7) is 6.25. The molecule has 2 atom stereocenters. The Labute approximate surface area is 138 Å². The maximum Gasteiger partial charge on any atom is 0.246 e. The van der Waals surface area contributed by atoms with Gasteiger partial charge in [-0.3, -0.25) is 9.59 Å². The van der Waals surface area contributed by atoms with Crippen LogP contribution in [0.3, 0.4) is 0 Å². The van der Waals surface area contributed by atoms with E-state index in [-0.39, 0.29) is 17.9 Å². The summed E-state index contributed by atoms with van der Waals surface area (Å²) in [5.41, 5.74) is 1.06. The summed E-state index contributed by atoms with van der Waals surface area (Å²) >= 11 is 0. The average Bonchev–Trinajstić information content (AvgIpc) is 2.57. The molecule has 23 heavy (non-hydrogen) atoms. The minimum Gasteiger partial charge on any atom is -0.332 e. The molecule has 1 aromatic rings. The molecular weight excluding hydrogens is 288 g/mol. The highest BCUT2D eigenvalue weighted by Crippen LogP contribution is 2.23. The molecule has 1 heterocycles. The fourth-order valence-corrected chi connectivity index (χ4v) is 3.14. The van der Waals surface area contributed by atoms with Gasteiger partial charge in [0.15, 0.2) is 0 Å². The predicted molar refractivity (Wildman–Crippen MR) is 91.9 cm³/mol. The molecule has 0 saturated carbocycles. The van der Waals surface area contributed by atoms with Crippen molar-refractivity contribution in [3.63, 3.8) is 0 Å². The molecule has 0 bridgehead atoms. The Morgan fingerprint density at radius 2 is 1.83 bits per heavy atom. The third-order valence-electron chi connectivity index (χ3n) is 4.47. The van der Waals surface area contributed by atoms with Crippen molar-refractivity contribution in [1.82, 2.24) is 9.80 Å². The van der Waals surface area contributed by atoms with Gasteiger partial charge in [0.2, 0.25) is 11.8 Å². The second-order valence-corrected chi connectivity index (χ2v) is 6.09. The van der Waals surface area contributed by atoms with Gasteiger partial charge in [-0.2, -0.15) is 0 Å². The number of unbranched alkanes of at least 4 members (excludes halogenated alkanes) is 1. The SMILES string of the molecule is C=CCN1C(=O)[C@H](CCCC)N(C)C(=O)[C@@H]1Cc1ccccc1. The van der Waals surface area contributed by atoms with E-state index in [1.807, 2.05) is 30.3 Å². The van der Waals surface area contributed by atoms with Gasteiger partial charge in [-0.1, -0.05) is 56.2 Å². The van der Waals surface area contributed by atoms with Gasteiger partial charge in [0.25, 0.3) is 0 Å². The fraction of sp³-hybridized carbons (Fsp3) is 0.474. The molecule has 0 N–H and O–H groups in total. The lowest BCUT2D eigenvalue weighted by atomic mass is 9.96. The normalized spacial score (nSPS) is 21.7. The molecule has 4 heteroatoms. The Morgan fingerprint density at radius 3 is 2.43 bits per heavy atom. The van der Waals surface area contributed by atoms with Crippen molar-refractivity contribution >= 4 is 11.8 Å². The summed E-state index contributed by atoms with van der Waals surface area (Å²) in [5, 5.41) is 0. The molecule has 4 nitrogen and oxygen atoms in total. The van der Waals surface area contributed by atoms with E-state index in [1.54, 1.807) is 22.9 Å². The highest BCUT2D eigenvalue weighted by atomic mass is 16.2. The van der Waals surface area contributed by atoms with Crippen molar-refractivity contribution in [1.29, 1.82) is 0 Å². The Bertz CT molecular complexity index is 556. The Balaban J connectivity index is 2.24. The highest BCUT2D eigenvalue weighted by molar-refractivity contribution is 5.97. The number of benzene rings is 1. The maximum absolute atomic E-state index is 12.9. The monoisotopic (exact) mass is 314 g/mol. The standard InChI is InChI=1S/C19H26N2O2/c1-4-6-12-16-19(23)21(13-5-2)17(18(22)20(16)3)14-15-10-8-7-9-11-15/h5,7-11,16-17H,2,4,6,12-14H2,1,3H3/t16-,17-/m0/s1. The molecule has 2 rings (SSSR count). The van der Waals surface area contributed by atoms with Crippen LogP contribution in [0.4, 0.5) is 0 Å². The van der Waals surface area contributed by atoms with E-state index in [2.05, 4.69) is 13.5 Å². The van der Waals surface area contributed by atoms with Crippen molar-refractivity contribution in [2.75, 3.05) is 13.6 Å². The number of piperazine rings is 1. The van der Waals surface area contributed by atoms with Crippen molar-refractivity contribution in [2.45, 2.75) is 44.7 Å². The molecular formula is C19H26N2O2. The minimum atomic E-state index is -0.439. The summed E-state index contributed by atoms with van der Waals surface area (Å²) in [4.78, 5) is 29.0. The van der Waals surface area contributed by atoms with Gasteiger partial charge in [0, 0.05) is 20.0 Å². The number of rotatable bonds is 7. The van der Waals surface area contributed by atoms with E-state index in [0.717, 1.165) is 24.8 Å². The zero-order valence-electron chi connectivity index (χ0n) is 14.1. The molecule has 2 amide bonds. The molecule has 0 radical (unpaired) electrons. The van der Waals surface area contributed by atoms with Gasteiger partial charge in [-0.25, -0.2) is 0 Å². The molecule has 1 aliphatic heterocycles. The number of amides is 2. The summed E-state index contributed by atoms with van der Waals surface area (Å²) < 4.78 is 0. The molecule has 0 spiro atoms. The summed E-state index contributed by atoms with van der Waals surface area (Å²) in [7, 11) is 1.75. The van der Waals surface area contributed by atoms with Crippen LogP contribution in [-0.2, 0) is 16.0 Å². The summed E-state index contributed by atoms with van der Waals surface area (Å²) in [6.07, 6.45) is 4.93. The molecule has 0 unspecified atom stereocenters. The van der Waals surface area contributed by atoms with Crippen LogP contribution in [0.15, 0.2) is 43.0 Å². The smallest absolute Gasteiger partial charge is 0.246 e. The third kappa shape index (κ3) is 3.81. The van der Waals surface area contributed by atoms with Gasteiger partial charge < -0.3 is 9.80 Å². The zero-order valence-corrected chi connectivity index (χ0v) is 14.1. The molecule has 0 aliphatic carbocycles. The largest absolute Gasteiger partial charge is 0.332 e. The van der Waals surface area contributed by atoms with E-state index in [4.69, 9.17) is 0 Å². The molecule has 124 valence electrons. The average molecular weight is 314 g/mol. The second-order valence-electron chi connectivity index (χ2n) is 6.09. The lowest BCUT2D eigenvalue weighted by Crippen LogP contribution is -2.64. The van der Waals surface area contributed by atoms with Crippen molar-refractivity contribution in [2.24, 2.45) is 0 Å². The van der Waals surface area contributed by atoms with Crippen molar-refractivity contribution in [3.8, 4) is 0 Å². The summed E-state index contributed by atoms with van der Waals surface area (Å²) in [6, 6.07) is 9.07. The predicted octanol–water partition coefficient (Wildman–Crippen LogP) is 2.64. The van der Waals surface area contributed by atoms with Crippen LogP contribution in [0.5, 0.6) is 0 Å². The van der Waals surface area contributed by atoms with E-state index in [1.165, 1.54) is 0 Å². The lowest BCUT2D eigenvalue weighted by molar-refractivity contribution is -0.159. The third-order valence-corrected chi connectivity index (χ3v) is 4.47. The lowest BCUT2D eigenvalue weighted by Gasteiger charge is -2.43. The van der Waals surface area contributed by atoms with Gasteiger partial charge in [0.05, 0.1) is 0 Å². The topological polar surface area (TPSA) is 40.6 Å². The molecule has 1 aromatic carbocycles. The van der Waals surface area contributed by atoms with E-state index in [0.29, 0.717) is 13.0 Å². The van der Waals surface area contributed by atoms with Crippen molar-refractivity contribution < 1.29 is 9.59 Å². The number of carbonyl (C=O) groups excluding carboxylic acids is 2. The maximum atomic E-state index is 12.9. The first-order chi connectivity index (χ1) is 11.1. The Morgan fingerprint density at radius 1 is 1.13 bits per heavy atom.